The molecule has 0 aliphatic carbocycles. The van der Waals surface area contributed by atoms with E-state index in [2.05, 4.69) is 23.4 Å². The number of aromatic amines is 1. The Bertz CT molecular complexity index is 359. The fraction of sp³-hybridized carbons (Fsp3) is 0.200. The van der Waals surface area contributed by atoms with E-state index in [0.29, 0.717) is 24.6 Å². The van der Waals surface area contributed by atoms with Crippen molar-refractivity contribution in [1.29, 1.82) is 0 Å². The fourth-order valence-electron chi connectivity index (χ4n) is 1.17. The van der Waals surface area contributed by atoms with Crippen molar-refractivity contribution in [1.82, 2.24) is 15.1 Å². The van der Waals surface area contributed by atoms with Crippen molar-refractivity contribution in [2.45, 2.75) is 0 Å². The van der Waals surface area contributed by atoms with Crippen LogP contribution in [0.4, 0.5) is 5.82 Å². The number of H-pyrrole nitrogens is 1. The maximum Gasteiger partial charge on any atom is 0.272 e. The highest BCUT2D eigenvalue weighted by Gasteiger charge is 2.15. The fourth-order valence-corrected chi connectivity index (χ4v) is 1.17. The SMILES string of the molecule is C=CCN(CC=C)C(=O)c1cc(N)n[nH]1. The first-order chi connectivity index (χ1) is 7.19. The molecular weight excluding hydrogens is 192 g/mol. The molecule has 1 rings (SSSR count). The van der Waals surface area contributed by atoms with Crippen LogP contribution in [0.25, 0.3) is 0 Å². The second-order valence-electron chi connectivity index (χ2n) is 2.99. The Morgan fingerprint density at radius 2 is 2.13 bits per heavy atom. The second kappa shape index (κ2) is 4.99. The molecule has 0 saturated carbocycles. The van der Waals surface area contributed by atoms with Crippen LogP contribution in [0.1, 0.15) is 10.5 Å². The van der Waals surface area contributed by atoms with E-state index in [1.165, 1.54) is 6.07 Å². The molecule has 0 radical (unpaired) electrons. The van der Waals surface area contributed by atoms with Gasteiger partial charge >= 0.3 is 0 Å². The largest absolute Gasteiger partial charge is 0.382 e. The van der Waals surface area contributed by atoms with Gasteiger partial charge in [0.15, 0.2) is 0 Å². The molecule has 0 aliphatic rings. The van der Waals surface area contributed by atoms with Gasteiger partial charge in [0.05, 0.1) is 0 Å². The number of anilines is 1. The molecule has 0 aromatic carbocycles. The average molecular weight is 206 g/mol. The summed E-state index contributed by atoms with van der Waals surface area (Å²) in [6.45, 7) is 8.09. The molecule has 5 heteroatoms. The zero-order valence-corrected chi connectivity index (χ0v) is 8.44. The molecule has 0 saturated heterocycles. The summed E-state index contributed by atoms with van der Waals surface area (Å²) in [6.07, 6.45) is 3.31. The van der Waals surface area contributed by atoms with Crippen LogP contribution in [0.5, 0.6) is 0 Å². The molecular formula is C10H14N4O. The predicted octanol–water partition coefficient (Wildman–Crippen LogP) is 0.806. The number of nitrogens with two attached hydrogens (primary N) is 1. The van der Waals surface area contributed by atoms with Crippen LogP contribution in [-0.2, 0) is 0 Å². The highest BCUT2D eigenvalue weighted by Crippen LogP contribution is 2.05. The number of hydrogen-bond donors (Lipinski definition) is 2. The Hall–Kier alpha value is -2.04. The molecule has 1 aromatic rings. The van der Waals surface area contributed by atoms with Crippen molar-refractivity contribution >= 4 is 11.7 Å². The molecule has 0 bridgehead atoms. The van der Waals surface area contributed by atoms with Crippen LogP contribution >= 0.6 is 0 Å². The van der Waals surface area contributed by atoms with Crippen molar-refractivity contribution in [3.63, 3.8) is 0 Å². The van der Waals surface area contributed by atoms with Crippen LogP contribution < -0.4 is 5.73 Å². The number of amides is 1. The monoisotopic (exact) mass is 206 g/mol. The van der Waals surface area contributed by atoms with Crippen molar-refractivity contribution in [3.8, 4) is 0 Å². The van der Waals surface area contributed by atoms with Crippen molar-refractivity contribution in [3.05, 3.63) is 37.1 Å². The molecule has 1 aromatic heterocycles. The Labute approximate surface area is 88.3 Å². The highest BCUT2D eigenvalue weighted by molar-refractivity contribution is 5.93. The van der Waals surface area contributed by atoms with Gasteiger partial charge in [-0.2, -0.15) is 5.10 Å². The maximum absolute atomic E-state index is 11.8. The maximum atomic E-state index is 11.8. The number of nitrogens with zero attached hydrogens (tertiary/aromatic N) is 2. The van der Waals surface area contributed by atoms with Crippen LogP contribution in [0, 0.1) is 0 Å². The van der Waals surface area contributed by atoms with E-state index in [9.17, 15) is 4.79 Å². The Balaban J connectivity index is 2.79. The van der Waals surface area contributed by atoms with Gasteiger partial charge in [0.2, 0.25) is 0 Å². The number of rotatable bonds is 5. The van der Waals surface area contributed by atoms with Crippen LogP contribution in [0.15, 0.2) is 31.4 Å². The van der Waals surface area contributed by atoms with E-state index in [-0.39, 0.29) is 5.91 Å². The number of carbonyl (C=O) groups excluding carboxylic acids is 1. The predicted molar refractivity (Wildman–Crippen MR) is 59.3 cm³/mol. The van der Waals surface area contributed by atoms with E-state index in [1.54, 1.807) is 17.1 Å². The summed E-state index contributed by atoms with van der Waals surface area (Å²) in [6, 6.07) is 1.50. The summed E-state index contributed by atoms with van der Waals surface area (Å²) < 4.78 is 0. The third kappa shape index (κ3) is 2.70. The van der Waals surface area contributed by atoms with Gasteiger partial charge in [-0.3, -0.25) is 9.89 Å². The average Bonchev–Trinajstić information content (AvgIpc) is 2.63. The van der Waals surface area contributed by atoms with Gasteiger partial charge in [0.25, 0.3) is 5.91 Å². The quantitative estimate of drug-likeness (QED) is 0.700. The molecule has 3 N–H and O–H groups in total. The third-order valence-electron chi connectivity index (χ3n) is 1.81. The molecule has 80 valence electrons. The molecule has 15 heavy (non-hydrogen) atoms. The topological polar surface area (TPSA) is 75.0 Å². The minimum Gasteiger partial charge on any atom is -0.382 e. The van der Waals surface area contributed by atoms with Crippen molar-refractivity contribution in [2.75, 3.05) is 18.8 Å². The number of aromatic nitrogens is 2. The third-order valence-corrected chi connectivity index (χ3v) is 1.81. The minimum absolute atomic E-state index is 0.168. The summed E-state index contributed by atoms with van der Waals surface area (Å²) in [5.41, 5.74) is 5.78. The van der Waals surface area contributed by atoms with Gasteiger partial charge in [-0.15, -0.1) is 13.2 Å². The zero-order valence-electron chi connectivity index (χ0n) is 8.44. The van der Waals surface area contributed by atoms with Gasteiger partial charge in [-0.25, -0.2) is 0 Å². The van der Waals surface area contributed by atoms with Crippen LogP contribution in [0.3, 0.4) is 0 Å². The summed E-state index contributed by atoms with van der Waals surface area (Å²) in [7, 11) is 0. The first kappa shape index (κ1) is 11.0. The molecule has 1 amide bonds. The number of nitrogens with one attached hydrogen (secondary N) is 1. The lowest BCUT2D eigenvalue weighted by Crippen LogP contribution is -2.31. The summed E-state index contributed by atoms with van der Waals surface area (Å²) in [4.78, 5) is 13.4. The van der Waals surface area contributed by atoms with Gasteiger partial charge in [0, 0.05) is 19.2 Å². The first-order valence-corrected chi connectivity index (χ1v) is 4.51. The smallest absolute Gasteiger partial charge is 0.272 e. The lowest BCUT2D eigenvalue weighted by molar-refractivity contribution is 0.0785. The minimum atomic E-state index is -0.168. The lowest BCUT2D eigenvalue weighted by atomic mass is 10.3. The summed E-state index contributed by atoms with van der Waals surface area (Å²) in [5, 5.41) is 6.26. The van der Waals surface area contributed by atoms with Gasteiger partial charge in [-0.1, -0.05) is 12.2 Å². The number of nitrogen functional groups attached to an aromatic ring is 1. The van der Waals surface area contributed by atoms with Crippen LogP contribution in [-0.4, -0.2) is 34.1 Å². The standard InChI is InChI=1S/C10H14N4O/c1-3-5-14(6-4-2)10(15)8-7-9(11)13-12-8/h3-4,7H,1-2,5-6H2,(H3,11,12,13). The first-order valence-electron chi connectivity index (χ1n) is 4.51. The summed E-state index contributed by atoms with van der Waals surface area (Å²) >= 11 is 0. The Kier molecular flexibility index (Phi) is 3.68. The molecule has 0 aliphatic heterocycles. The number of hydrogen-bond acceptors (Lipinski definition) is 3. The van der Waals surface area contributed by atoms with E-state index in [0.717, 1.165) is 0 Å². The second-order valence-corrected chi connectivity index (χ2v) is 2.99. The molecule has 0 atom stereocenters. The van der Waals surface area contributed by atoms with Gasteiger partial charge < -0.3 is 10.6 Å². The van der Waals surface area contributed by atoms with Gasteiger partial charge in [0.1, 0.15) is 11.5 Å². The van der Waals surface area contributed by atoms with Gasteiger partial charge in [-0.05, 0) is 0 Å². The Morgan fingerprint density at radius 1 is 1.53 bits per heavy atom. The van der Waals surface area contributed by atoms with Crippen LogP contribution in [0.2, 0.25) is 0 Å². The van der Waals surface area contributed by atoms with E-state index in [4.69, 9.17) is 5.73 Å². The Morgan fingerprint density at radius 3 is 2.53 bits per heavy atom. The van der Waals surface area contributed by atoms with E-state index >= 15 is 0 Å². The molecule has 0 unspecified atom stereocenters. The summed E-state index contributed by atoms with van der Waals surface area (Å²) in [5.74, 6) is 0.134. The molecule has 0 fully saturated rings. The lowest BCUT2D eigenvalue weighted by Gasteiger charge is -2.17. The zero-order chi connectivity index (χ0) is 11.3. The van der Waals surface area contributed by atoms with Crippen molar-refractivity contribution in [2.24, 2.45) is 0 Å². The molecule has 0 spiro atoms. The molecule has 5 nitrogen and oxygen atoms in total. The van der Waals surface area contributed by atoms with Crippen molar-refractivity contribution < 1.29 is 4.79 Å². The normalized spacial score (nSPS) is 9.60. The highest BCUT2D eigenvalue weighted by atomic mass is 16.2. The number of carbonyl (C=O) groups is 1. The molecule has 1 heterocycles. The van der Waals surface area contributed by atoms with E-state index in [1.807, 2.05) is 0 Å². The van der Waals surface area contributed by atoms with E-state index < -0.39 is 0 Å².